The zero-order valence-corrected chi connectivity index (χ0v) is 15.6. The summed E-state index contributed by atoms with van der Waals surface area (Å²) in [5.41, 5.74) is 5.32. The van der Waals surface area contributed by atoms with E-state index in [-0.39, 0.29) is 5.56 Å². The summed E-state index contributed by atoms with van der Waals surface area (Å²) < 4.78 is 43.8. The molecule has 0 aliphatic carbocycles. The van der Waals surface area contributed by atoms with Gasteiger partial charge in [-0.2, -0.15) is 13.2 Å². The number of aliphatic hydroxyl groups is 1. The van der Waals surface area contributed by atoms with Gasteiger partial charge in [0.2, 0.25) is 0 Å². The molecule has 1 aromatic heterocycles. The van der Waals surface area contributed by atoms with Crippen LogP contribution in [0, 0.1) is 0 Å². The number of halogens is 3. The molecule has 1 unspecified atom stereocenters. The molecular formula is C22H16F3N3O2. The second-order valence-electron chi connectivity index (χ2n) is 7.32. The molecule has 0 spiro atoms. The summed E-state index contributed by atoms with van der Waals surface area (Å²) in [7, 11) is 0. The summed E-state index contributed by atoms with van der Waals surface area (Å²) in [6.45, 7) is 1.38. The molecule has 1 N–H and O–H groups in total. The molecule has 0 bridgehead atoms. The second kappa shape index (κ2) is 6.84. The minimum absolute atomic E-state index is 0.214. The third-order valence-electron chi connectivity index (χ3n) is 5.37. The number of anilines is 1. The fraction of sp³-hybridized carbons (Fsp3) is 0.182. The molecule has 0 saturated carbocycles. The zero-order chi connectivity index (χ0) is 20.9. The Labute approximate surface area is 169 Å². The predicted octanol–water partition coefficient (Wildman–Crippen LogP) is 5.01. The normalized spacial score (nSPS) is 14.9. The van der Waals surface area contributed by atoms with Crippen LogP contribution in [-0.2, 0) is 13.1 Å². The first-order valence-electron chi connectivity index (χ1n) is 9.33. The van der Waals surface area contributed by atoms with E-state index < -0.39 is 12.3 Å². The second-order valence-corrected chi connectivity index (χ2v) is 7.32. The average molecular weight is 411 g/mol. The van der Waals surface area contributed by atoms with E-state index in [0.717, 1.165) is 5.69 Å². The minimum atomic E-state index is -4.73. The Balaban J connectivity index is 1.58. The van der Waals surface area contributed by atoms with Crippen LogP contribution in [0.2, 0.25) is 0 Å². The molecule has 5 nitrogen and oxygen atoms in total. The van der Waals surface area contributed by atoms with Gasteiger partial charge in [0.05, 0.1) is 5.69 Å². The smallest absolute Gasteiger partial charge is 0.379 e. The van der Waals surface area contributed by atoms with Crippen molar-refractivity contribution in [3.8, 4) is 11.1 Å². The number of hydrogen-bond donors (Lipinski definition) is 1. The van der Waals surface area contributed by atoms with Gasteiger partial charge >= 0.3 is 6.18 Å². The quantitative estimate of drug-likeness (QED) is 0.514. The molecule has 8 heteroatoms. The molecule has 1 atom stereocenters. The maximum atomic E-state index is 12.9. The van der Waals surface area contributed by atoms with Crippen molar-refractivity contribution in [3.63, 3.8) is 0 Å². The number of nitrogens with zero attached hydrogens (tertiary/aromatic N) is 3. The Morgan fingerprint density at radius 1 is 0.900 bits per heavy atom. The number of aliphatic hydroxyl groups excluding tert-OH is 1. The summed E-state index contributed by atoms with van der Waals surface area (Å²) in [6.07, 6.45) is -7.27. The minimum Gasteiger partial charge on any atom is -0.379 e. The van der Waals surface area contributed by atoms with Crippen LogP contribution < -0.4 is 4.90 Å². The highest BCUT2D eigenvalue weighted by Gasteiger charge is 2.39. The standard InChI is InChI=1S/C22H16F3N3O2/c23-22(24,25)21(29)14-7-3-6-13(8-14)17-9-18-20(27-30-26-18)19(10-17)28-11-15-4-1-2-5-16(15)12-28/h1-10,21,29H,11-12H2. The SMILES string of the molecule is OC(c1cccc(-c2cc(N3Cc4ccccc4C3)c3nonc3c2)c1)C(F)(F)F. The summed E-state index contributed by atoms with van der Waals surface area (Å²) in [6, 6.07) is 17.5. The van der Waals surface area contributed by atoms with Crippen molar-refractivity contribution < 1.29 is 22.9 Å². The van der Waals surface area contributed by atoms with Crippen molar-refractivity contribution in [1.82, 2.24) is 10.3 Å². The molecule has 1 aliphatic rings. The topological polar surface area (TPSA) is 62.4 Å². The highest BCUT2D eigenvalue weighted by atomic mass is 19.4. The largest absolute Gasteiger partial charge is 0.418 e. The number of alkyl halides is 3. The molecule has 0 amide bonds. The van der Waals surface area contributed by atoms with Crippen LogP contribution in [0.15, 0.2) is 65.3 Å². The fourth-order valence-corrected chi connectivity index (χ4v) is 3.86. The first-order valence-corrected chi connectivity index (χ1v) is 9.33. The highest BCUT2D eigenvalue weighted by Crippen LogP contribution is 2.38. The van der Waals surface area contributed by atoms with Crippen molar-refractivity contribution in [2.24, 2.45) is 0 Å². The monoisotopic (exact) mass is 411 g/mol. The Hall–Kier alpha value is -3.39. The summed E-state index contributed by atoms with van der Waals surface area (Å²) in [4.78, 5) is 2.13. The molecule has 5 rings (SSSR count). The molecule has 1 aliphatic heterocycles. The van der Waals surface area contributed by atoms with Crippen LogP contribution in [0.5, 0.6) is 0 Å². The summed E-state index contributed by atoms with van der Waals surface area (Å²) >= 11 is 0. The fourth-order valence-electron chi connectivity index (χ4n) is 3.86. The van der Waals surface area contributed by atoms with Crippen LogP contribution in [0.1, 0.15) is 22.8 Å². The van der Waals surface area contributed by atoms with Gasteiger partial charge in [-0.1, -0.05) is 42.5 Å². The summed E-state index contributed by atoms with van der Waals surface area (Å²) in [5.74, 6) is 0. The van der Waals surface area contributed by atoms with E-state index in [1.165, 1.54) is 29.3 Å². The molecular weight excluding hydrogens is 395 g/mol. The van der Waals surface area contributed by atoms with Gasteiger partial charge in [-0.05, 0) is 56.3 Å². The molecule has 0 radical (unpaired) electrons. The van der Waals surface area contributed by atoms with E-state index in [1.807, 2.05) is 18.2 Å². The van der Waals surface area contributed by atoms with E-state index in [1.54, 1.807) is 12.1 Å². The average Bonchev–Trinajstić information content (AvgIpc) is 3.38. The Kier molecular flexibility index (Phi) is 4.25. The number of aromatic nitrogens is 2. The molecule has 3 aromatic carbocycles. The first kappa shape index (κ1) is 18.6. The van der Waals surface area contributed by atoms with E-state index >= 15 is 0 Å². The zero-order valence-electron chi connectivity index (χ0n) is 15.6. The van der Waals surface area contributed by atoms with Crippen molar-refractivity contribution in [3.05, 3.63) is 77.4 Å². The Morgan fingerprint density at radius 3 is 2.33 bits per heavy atom. The van der Waals surface area contributed by atoms with Gasteiger partial charge in [0, 0.05) is 13.1 Å². The lowest BCUT2D eigenvalue weighted by atomic mass is 9.99. The van der Waals surface area contributed by atoms with Crippen LogP contribution >= 0.6 is 0 Å². The molecule has 4 aromatic rings. The van der Waals surface area contributed by atoms with E-state index in [9.17, 15) is 18.3 Å². The van der Waals surface area contributed by atoms with Crippen molar-refractivity contribution in [2.45, 2.75) is 25.4 Å². The Bertz CT molecular complexity index is 1210. The third kappa shape index (κ3) is 3.19. The maximum Gasteiger partial charge on any atom is 0.418 e. The lowest BCUT2D eigenvalue weighted by Gasteiger charge is -2.19. The van der Waals surface area contributed by atoms with Gasteiger partial charge in [-0.15, -0.1) is 0 Å². The third-order valence-corrected chi connectivity index (χ3v) is 5.37. The van der Waals surface area contributed by atoms with Crippen LogP contribution in [0.3, 0.4) is 0 Å². The van der Waals surface area contributed by atoms with E-state index in [0.29, 0.717) is 35.2 Å². The van der Waals surface area contributed by atoms with E-state index in [2.05, 4.69) is 27.3 Å². The van der Waals surface area contributed by atoms with Gasteiger partial charge in [0.25, 0.3) is 0 Å². The highest BCUT2D eigenvalue weighted by molar-refractivity contribution is 5.93. The molecule has 0 fully saturated rings. The molecule has 30 heavy (non-hydrogen) atoms. The van der Waals surface area contributed by atoms with Gasteiger partial charge in [-0.3, -0.25) is 0 Å². The predicted molar refractivity (Wildman–Crippen MR) is 105 cm³/mol. The van der Waals surface area contributed by atoms with E-state index in [4.69, 9.17) is 4.63 Å². The van der Waals surface area contributed by atoms with Crippen molar-refractivity contribution >= 4 is 16.7 Å². The van der Waals surface area contributed by atoms with Gasteiger partial charge in [0.15, 0.2) is 11.6 Å². The molecule has 2 heterocycles. The maximum absolute atomic E-state index is 12.9. The number of rotatable bonds is 3. The van der Waals surface area contributed by atoms with Crippen LogP contribution in [0.4, 0.5) is 18.9 Å². The molecule has 152 valence electrons. The lowest BCUT2D eigenvalue weighted by Crippen LogP contribution is -2.20. The summed E-state index contributed by atoms with van der Waals surface area (Å²) in [5, 5.41) is 17.6. The van der Waals surface area contributed by atoms with Gasteiger partial charge in [0.1, 0.15) is 5.52 Å². The number of hydrogen-bond acceptors (Lipinski definition) is 5. The van der Waals surface area contributed by atoms with Gasteiger partial charge < -0.3 is 10.0 Å². The first-order chi connectivity index (χ1) is 14.4. The van der Waals surface area contributed by atoms with Crippen LogP contribution in [-0.4, -0.2) is 21.6 Å². The lowest BCUT2D eigenvalue weighted by molar-refractivity contribution is -0.206. The van der Waals surface area contributed by atoms with Crippen molar-refractivity contribution in [2.75, 3.05) is 4.90 Å². The van der Waals surface area contributed by atoms with Crippen molar-refractivity contribution in [1.29, 1.82) is 0 Å². The van der Waals surface area contributed by atoms with Gasteiger partial charge in [-0.25, -0.2) is 4.63 Å². The van der Waals surface area contributed by atoms with Crippen LogP contribution in [0.25, 0.3) is 22.2 Å². The number of benzene rings is 3. The Morgan fingerprint density at radius 2 is 1.63 bits per heavy atom. The number of fused-ring (bicyclic) bond motifs is 2. The molecule has 0 saturated heterocycles.